The number of fused-ring (bicyclic) bond motifs is 1. The maximum atomic E-state index is 12.6. The van der Waals surface area contributed by atoms with Gasteiger partial charge in [-0.25, -0.2) is 9.97 Å². The van der Waals surface area contributed by atoms with E-state index in [9.17, 15) is 4.79 Å². The van der Waals surface area contributed by atoms with Gasteiger partial charge in [0.15, 0.2) is 0 Å². The number of rotatable bonds is 4. The number of benzene rings is 1. The SMILES string of the molecule is COc1ncccc1C(=O)NC1CCCC(c2nc3ccccc3[nH]2)C1. The average molecular weight is 350 g/mol. The molecule has 0 radical (unpaired) electrons. The number of methoxy groups -OCH3 is 1. The summed E-state index contributed by atoms with van der Waals surface area (Å²) in [7, 11) is 1.53. The highest BCUT2D eigenvalue weighted by molar-refractivity contribution is 5.96. The summed E-state index contributed by atoms with van der Waals surface area (Å²) in [5.41, 5.74) is 2.53. The molecule has 6 nitrogen and oxygen atoms in total. The van der Waals surface area contributed by atoms with Gasteiger partial charge in [0.2, 0.25) is 5.88 Å². The summed E-state index contributed by atoms with van der Waals surface area (Å²) in [6, 6.07) is 11.7. The van der Waals surface area contributed by atoms with Gasteiger partial charge in [0.25, 0.3) is 5.91 Å². The lowest BCUT2D eigenvalue weighted by molar-refractivity contribution is 0.0921. The highest BCUT2D eigenvalue weighted by atomic mass is 16.5. The monoisotopic (exact) mass is 350 g/mol. The van der Waals surface area contributed by atoms with E-state index in [2.05, 4.69) is 15.3 Å². The Morgan fingerprint density at radius 3 is 2.96 bits per heavy atom. The summed E-state index contributed by atoms with van der Waals surface area (Å²) in [6.07, 6.45) is 5.63. The topological polar surface area (TPSA) is 79.9 Å². The number of carbonyl (C=O) groups is 1. The third kappa shape index (κ3) is 3.27. The van der Waals surface area contributed by atoms with E-state index in [1.165, 1.54) is 7.11 Å². The van der Waals surface area contributed by atoms with Crippen molar-refractivity contribution in [3.8, 4) is 5.88 Å². The Morgan fingerprint density at radius 2 is 2.12 bits per heavy atom. The van der Waals surface area contributed by atoms with Crippen molar-refractivity contribution in [2.75, 3.05) is 7.11 Å². The minimum absolute atomic E-state index is 0.124. The van der Waals surface area contributed by atoms with Crippen LogP contribution in [-0.4, -0.2) is 34.0 Å². The number of H-pyrrole nitrogens is 1. The van der Waals surface area contributed by atoms with E-state index in [-0.39, 0.29) is 11.9 Å². The van der Waals surface area contributed by atoms with E-state index in [0.717, 1.165) is 42.5 Å². The van der Waals surface area contributed by atoms with Gasteiger partial charge < -0.3 is 15.0 Å². The van der Waals surface area contributed by atoms with Crippen molar-refractivity contribution in [1.82, 2.24) is 20.3 Å². The van der Waals surface area contributed by atoms with E-state index in [4.69, 9.17) is 9.72 Å². The predicted octanol–water partition coefficient (Wildman–Crippen LogP) is 3.42. The molecule has 1 aromatic carbocycles. The van der Waals surface area contributed by atoms with E-state index in [1.54, 1.807) is 18.3 Å². The number of nitrogens with one attached hydrogen (secondary N) is 2. The van der Waals surface area contributed by atoms with Crippen LogP contribution in [0.2, 0.25) is 0 Å². The van der Waals surface area contributed by atoms with Crippen LogP contribution in [0.3, 0.4) is 0 Å². The number of hydrogen-bond acceptors (Lipinski definition) is 4. The highest BCUT2D eigenvalue weighted by Crippen LogP contribution is 2.32. The normalized spacial score (nSPS) is 20.0. The lowest BCUT2D eigenvalue weighted by Crippen LogP contribution is -2.38. The first-order valence-electron chi connectivity index (χ1n) is 8.99. The zero-order chi connectivity index (χ0) is 17.9. The molecule has 6 heteroatoms. The molecule has 2 aromatic heterocycles. The largest absolute Gasteiger partial charge is 0.480 e. The van der Waals surface area contributed by atoms with Gasteiger partial charge in [-0.05, 0) is 43.5 Å². The molecule has 1 saturated carbocycles. The summed E-state index contributed by atoms with van der Waals surface area (Å²) in [5, 5.41) is 3.14. The van der Waals surface area contributed by atoms with Gasteiger partial charge in [-0.15, -0.1) is 0 Å². The fraction of sp³-hybridized carbons (Fsp3) is 0.350. The molecule has 3 aromatic rings. The molecule has 1 aliphatic carbocycles. The minimum Gasteiger partial charge on any atom is -0.480 e. The maximum absolute atomic E-state index is 12.6. The predicted molar refractivity (Wildman–Crippen MR) is 99.3 cm³/mol. The Bertz CT molecular complexity index is 888. The highest BCUT2D eigenvalue weighted by Gasteiger charge is 2.27. The summed E-state index contributed by atoms with van der Waals surface area (Å²) >= 11 is 0. The second-order valence-corrected chi connectivity index (χ2v) is 6.73. The van der Waals surface area contributed by atoms with Gasteiger partial charge in [0.05, 0.1) is 18.1 Å². The van der Waals surface area contributed by atoms with Crippen LogP contribution in [0.1, 0.15) is 47.8 Å². The van der Waals surface area contributed by atoms with E-state index in [1.807, 2.05) is 24.3 Å². The third-order valence-corrected chi connectivity index (χ3v) is 5.01. The van der Waals surface area contributed by atoms with Gasteiger partial charge in [0, 0.05) is 18.2 Å². The number of para-hydroxylation sites is 2. The lowest BCUT2D eigenvalue weighted by atomic mass is 9.85. The Morgan fingerprint density at radius 1 is 1.23 bits per heavy atom. The number of nitrogens with zero attached hydrogens (tertiary/aromatic N) is 2. The number of amides is 1. The number of imidazole rings is 1. The van der Waals surface area contributed by atoms with Gasteiger partial charge in [-0.3, -0.25) is 4.79 Å². The molecular weight excluding hydrogens is 328 g/mol. The Labute approximate surface area is 152 Å². The molecular formula is C20H22N4O2. The van der Waals surface area contributed by atoms with Crippen LogP contribution in [0.4, 0.5) is 0 Å². The Kier molecular flexibility index (Phi) is 4.56. The van der Waals surface area contributed by atoms with Crippen molar-refractivity contribution < 1.29 is 9.53 Å². The number of carbonyl (C=O) groups excluding carboxylic acids is 1. The van der Waals surface area contributed by atoms with Crippen LogP contribution in [0.5, 0.6) is 5.88 Å². The Hall–Kier alpha value is -2.89. The number of ether oxygens (including phenoxy) is 1. The number of hydrogen-bond donors (Lipinski definition) is 2. The molecule has 134 valence electrons. The smallest absolute Gasteiger partial charge is 0.256 e. The van der Waals surface area contributed by atoms with Gasteiger partial charge in [-0.1, -0.05) is 18.6 Å². The quantitative estimate of drug-likeness (QED) is 0.755. The fourth-order valence-electron chi connectivity index (χ4n) is 3.72. The van der Waals surface area contributed by atoms with Gasteiger partial charge >= 0.3 is 0 Å². The molecule has 1 amide bonds. The molecule has 0 aliphatic heterocycles. The third-order valence-electron chi connectivity index (χ3n) is 5.01. The summed E-state index contributed by atoms with van der Waals surface area (Å²) in [4.78, 5) is 24.9. The van der Waals surface area contributed by atoms with Crippen LogP contribution in [0.15, 0.2) is 42.6 Å². The molecule has 2 N–H and O–H groups in total. The molecule has 0 spiro atoms. The van der Waals surface area contributed by atoms with Crippen molar-refractivity contribution in [3.63, 3.8) is 0 Å². The zero-order valence-corrected chi connectivity index (χ0v) is 14.7. The minimum atomic E-state index is -0.134. The van der Waals surface area contributed by atoms with Crippen LogP contribution < -0.4 is 10.1 Å². The number of aromatic nitrogens is 3. The molecule has 2 heterocycles. The van der Waals surface area contributed by atoms with Crippen molar-refractivity contribution in [2.24, 2.45) is 0 Å². The number of pyridine rings is 1. The maximum Gasteiger partial charge on any atom is 0.256 e. The zero-order valence-electron chi connectivity index (χ0n) is 14.7. The van der Waals surface area contributed by atoms with E-state index >= 15 is 0 Å². The molecule has 26 heavy (non-hydrogen) atoms. The first kappa shape index (κ1) is 16.6. The first-order chi connectivity index (χ1) is 12.7. The fourth-order valence-corrected chi connectivity index (χ4v) is 3.72. The first-order valence-corrected chi connectivity index (χ1v) is 8.99. The molecule has 1 aliphatic rings. The Balaban J connectivity index is 1.47. The average Bonchev–Trinajstić information content (AvgIpc) is 3.12. The standard InChI is InChI=1S/C20H22N4O2/c1-26-20-15(8-5-11-21-20)19(25)22-14-7-4-6-13(12-14)18-23-16-9-2-3-10-17(16)24-18/h2-3,5,8-11,13-14H,4,6-7,12H2,1H3,(H,22,25)(H,23,24). The molecule has 4 rings (SSSR count). The van der Waals surface area contributed by atoms with E-state index < -0.39 is 0 Å². The molecule has 1 fully saturated rings. The molecule has 0 saturated heterocycles. The summed E-state index contributed by atoms with van der Waals surface area (Å²) in [5.74, 6) is 1.57. The summed E-state index contributed by atoms with van der Waals surface area (Å²) in [6.45, 7) is 0. The molecule has 2 unspecified atom stereocenters. The molecule has 0 bridgehead atoms. The van der Waals surface area contributed by atoms with E-state index in [0.29, 0.717) is 17.4 Å². The summed E-state index contributed by atoms with van der Waals surface area (Å²) < 4.78 is 5.19. The van der Waals surface area contributed by atoms with Crippen molar-refractivity contribution in [1.29, 1.82) is 0 Å². The number of aromatic amines is 1. The van der Waals surface area contributed by atoms with Crippen molar-refractivity contribution in [3.05, 3.63) is 54.0 Å². The van der Waals surface area contributed by atoms with Gasteiger partial charge in [-0.2, -0.15) is 0 Å². The van der Waals surface area contributed by atoms with Crippen LogP contribution in [0.25, 0.3) is 11.0 Å². The second kappa shape index (κ2) is 7.15. The molecule has 2 atom stereocenters. The van der Waals surface area contributed by atoms with Crippen LogP contribution in [-0.2, 0) is 0 Å². The van der Waals surface area contributed by atoms with Crippen molar-refractivity contribution >= 4 is 16.9 Å². The van der Waals surface area contributed by atoms with Crippen LogP contribution >= 0.6 is 0 Å². The van der Waals surface area contributed by atoms with Gasteiger partial charge in [0.1, 0.15) is 11.4 Å². The van der Waals surface area contributed by atoms with Crippen molar-refractivity contribution in [2.45, 2.75) is 37.6 Å². The van der Waals surface area contributed by atoms with Crippen LogP contribution in [0, 0.1) is 0 Å². The lowest BCUT2D eigenvalue weighted by Gasteiger charge is -2.28. The second-order valence-electron chi connectivity index (χ2n) is 6.73.